The number of likely N-dealkylation sites (tertiary alicyclic amines) is 1. The van der Waals surface area contributed by atoms with Gasteiger partial charge in [0.15, 0.2) is 5.03 Å². The summed E-state index contributed by atoms with van der Waals surface area (Å²) in [5.74, 6) is 0. The van der Waals surface area contributed by atoms with E-state index in [1.54, 1.807) is 6.07 Å². The van der Waals surface area contributed by atoms with Gasteiger partial charge in [0, 0.05) is 12.2 Å². The monoisotopic (exact) mass is 320 g/mol. The summed E-state index contributed by atoms with van der Waals surface area (Å²) >= 11 is 0. The molecular weight excluding hydrogens is 300 g/mol. The maximum absolute atomic E-state index is 12.2. The van der Waals surface area contributed by atoms with E-state index in [2.05, 4.69) is 19.6 Å². The molecule has 0 aliphatic carbocycles. The van der Waals surface area contributed by atoms with Crippen LogP contribution in [0.5, 0.6) is 0 Å². The predicted molar refractivity (Wildman–Crippen MR) is 85.0 cm³/mol. The fourth-order valence-electron chi connectivity index (χ4n) is 2.71. The Morgan fingerprint density at radius 3 is 2.77 bits per heavy atom. The van der Waals surface area contributed by atoms with Crippen LogP contribution in [0.2, 0.25) is 0 Å². The maximum Gasteiger partial charge on any atom is 0.278 e. The number of imidazole rings is 1. The van der Waals surface area contributed by atoms with Gasteiger partial charge < -0.3 is 4.98 Å². The molecule has 1 saturated heterocycles. The van der Waals surface area contributed by atoms with Crippen LogP contribution >= 0.6 is 0 Å². The van der Waals surface area contributed by atoms with Gasteiger partial charge in [0.25, 0.3) is 10.0 Å². The molecule has 3 rings (SSSR count). The first-order valence-corrected chi connectivity index (χ1v) is 8.94. The van der Waals surface area contributed by atoms with Gasteiger partial charge in [-0.2, -0.15) is 8.42 Å². The van der Waals surface area contributed by atoms with Crippen LogP contribution in [0, 0.1) is 0 Å². The molecule has 0 amide bonds. The first-order valence-electron chi connectivity index (χ1n) is 7.46. The number of piperidine rings is 1. The standard InChI is InChI=1S/C15H20N4O2S/c20-22(21,15-10-16-12-17-15)18-14-6-4-5-13(9-14)11-19-7-2-1-3-8-19/h4-6,9-10,12,18H,1-3,7-8,11H2,(H,16,17). The van der Waals surface area contributed by atoms with Gasteiger partial charge in [-0.05, 0) is 43.6 Å². The Morgan fingerprint density at radius 1 is 1.23 bits per heavy atom. The maximum atomic E-state index is 12.2. The lowest BCUT2D eigenvalue weighted by Crippen LogP contribution is -2.29. The lowest BCUT2D eigenvalue weighted by Gasteiger charge is -2.26. The third-order valence-electron chi connectivity index (χ3n) is 3.80. The summed E-state index contributed by atoms with van der Waals surface area (Å²) in [7, 11) is -3.60. The molecule has 22 heavy (non-hydrogen) atoms. The smallest absolute Gasteiger partial charge is 0.278 e. The van der Waals surface area contributed by atoms with Gasteiger partial charge in [-0.25, -0.2) is 4.98 Å². The molecule has 0 atom stereocenters. The van der Waals surface area contributed by atoms with Gasteiger partial charge in [-0.15, -0.1) is 0 Å². The number of nitrogens with one attached hydrogen (secondary N) is 2. The van der Waals surface area contributed by atoms with Crippen LogP contribution < -0.4 is 4.72 Å². The van der Waals surface area contributed by atoms with Gasteiger partial charge in [-0.3, -0.25) is 9.62 Å². The Morgan fingerprint density at radius 2 is 2.05 bits per heavy atom. The summed E-state index contributed by atoms with van der Waals surface area (Å²) in [6.07, 6.45) is 6.43. The minimum absolute atomic E-state index is 0.0638. The Hall–Kier alpha value is -1.86. The fourth-order valence-corrected chi connectivity index (χ4v) is 3.66. The molecule has 1 aliphatic heterocycles. The number of sulfonamides is 1. The van der Waals surface area contributed by atoms with Crippen LogP contribution in [0.4, 0.5) is 5.69 Å². The van der Waals surface area contributed by atoms with E-state index in [0.29, 0.717) is 5.69 Å². The van der Waals surface area contributed by atoms with E-state index < -0.39 is 10.0 Å². The van der Waals surface area contributed by atoms with Crippen molar-refractivity contribution in [2.24, 2.45) is 0 Å². The van der Waals surface area contributed by atoms with Crippen molar-refractivity contribution in [3.05, 3.63) is 42.4 Å². The molecule has 1 aromatic heterocycles. The molecule has 2 heterocycles. The first kappa shape index (κ1) is 15.1. The van der Waals surface area contributed by atoms with E-state index in [1.165, 1.54) is 31.8 Å². The van der Waals surface area contributed by atoms with E-state index in [-0.39, 0.29) is 5.03 Å². The van der Waals surface area contributed by atoms with E-state index in [9.17, 15) is 8.42 Å². The van der Waals surface area contributed by atoms with Crippen LogP contribution in [0.25, 0.3) is 0 Å². The number of benzene rings is 1. The first-order chi connectivity index (χ1) is 10.6. The van der Waals surface area contributed by atoms with Gasteiger partial charge >= 0.3 is 0 Å². The number of H-pyrrole nitrogens is 1. The Bertz CT molecular complexity index is 707. The lowest BCUT2D eigenvalue weighted by molar-refractivity contribution is 0.221. The predicted octanol–water partition coefficient (Wildman–Crippen LogP) is 2.20. The highest BCUT2D eigenvalue weighted by Gasteiger charge is 2.16. The molecule has 0 saturated carbocycles. The Kier molecular flexibility index (Phi) is 4.44. The quantitative estimate of drug-likeness (QED) is 0.885. The third kappa shape index (κ3) is 3.66. The molecule has 1 aromatic carbocycles. The largest absolute Gasteiger partial charge is 0.334 e. The summed E-state index contributed by atoms with van der Waals surface area (Å²) in [6, 6.07) is 7.56. The van der Waals surface area contributed by atoms with Gasteiger partial charge in [0.1, 0.15) is 0 Å². The second-order valence-corrected chi connectivity index (χ2v) is 7.21. The summed E-state index contributed by atoms with van der Waals surface area (Å²) < 4.78 is 26.9. The molecule has 0 bridgehead atoms. The average Bonchev–Trinajstić information content (AvgIpc) is 3.03. The zero-order chi connectivity index (χ0) is 15.4. The second-order valence-electron chi connectivity index (χ2n) is 5.56. The third-order valence-corrected chi connectivity index (χ3v) is 5.10. The topological polar surface area (TPSA) is 78.1 Å². The molecule has 6 nitrogen and oxygen atoms in total. The van der Waals surface area contributed by atoms with Gasteiger partial charge in [0.05, 0.1) is 12.5 Å². The molecule has 7 heteroatoms. The summed E-state index contributed by atoms with van der Waals surface area (Å²) in [5, 5.41) is 0.0638. The van der Waals surface area contributed by atoms with Crippen molar-refractivity contribution in [3.8, 4) is 0 Å². The fraction of sp³-hybridized carbons (Fsp3) is 0.400. The van der Waals surface area contributed by atoms with Crippen molar-refractivity contribution in [1.29, 1.82) is 0 Å². The van der Waals surface area contributed by atoms with Crippen molar-refractivity contribution in [2.75, 3.05) is 17.8 Å². The molecular formula is C15H20N4O2S. The zero-order valence-electron chi connectivity index (χ0n) is 12.3. The zero-order valence-corrected chi connectivity index (χ0v) is 13.1. The summed E-state index contributed by atoms with van der Waals surface area (Å²) in [4.78, 5) is 8.76. The highest BCUT2D eigenvalue weighted by molar-refractivity contribution is 7.92. The highest BCUT2D eigenvalue weighted by atomic mass is 32.2. The second kappa shape index (κ2) is 6.50. The average molecular weight is 320 g/mol. The molecule has 118 valence electrons. The Balaban J connectivity index is 1.71. The number of rotatable bonds is 5. The van der Waals surface area contributed by atoms with Crippen LogP contribution in [0.1, 0.15) is 24.8 Å². The van der Waals surface area contributed by atoms with Crippen LogP contribution in [-0.2, 0) is 16.6 Å². The van der Waals surface area contributed by atoms with Gasteiger partial charge in [-0.1, -0.05) is 18.6 Å². The highest BCUT2D eigenvalue weighted by Crippen LogP contribution is 2.18. The van der Waals surface area contributed by atoms with E-state index in [0.717, 1.165) is 25.2 Å². The summed E-state index contributed by atoms with van der Waals surface area (Å²) in [6.45, 7) is 3.09. The lowest BCUT2D eigenvalue weighted by atomic mass is 10.1. The summed E-state index contributed by atoms with van der Waals surface area (Å²) in [5.41, 5.74) is 1.69. The normalized spacial score (nSPS) is 16.5. The number of hydrogen-bond acceptors (Lipinski definition) is 4. The van der Waals surface area contributed by atoms with Crippen molar-refractivity contribution < 1.29 is 8.42 Å². The molecule has 0 spiro atoms. The van der Waals surface area contributed by atoms with E-state index in [4.69, 9.17) is 0 Å². The van der Waals surface area contributed by atoms with Crippen molar-refractivity contribution in [1.82, 2.24) is 14.9 Å². The van der Waals surface area contributed by atoms with Crippen molar-refractivity contribution >= 4 is 15.7 Å². The van der Waals surface area contributed by atoms with Crippen molar-refractivity contribution in [2.45, 2.75) is 30.8 Å². The number of hydrogen-bond donors (Lipinski definition) is 2. The van der Waals surface area contributed by atoms with Gasteiger partial charge in [0.2, 0.25) is 0 Å². The molecule has 2 aromatic rings. The van der Waals surface area contributed by atoms with E-state index in [1.807, 2.05) is 18.2 Å². The molecule has 1 fully saturated rings. The van der Waals surface area contributed by atoms with E-state index >= 15 is 0 Å². The number of anilines is 1. The van der Waals surface area contributed by atoms with Crippen LogP contribution in [-0.4, -0.2) is 36.4 Å². The molecule has 1 aliphatic rings. The molecule has 0 radical (unpaired) electrons. The number of nitrogens with zero attached hydrogens (tertiary/aromatic N) is 2. The molecule has 0 unspecified atom stereocenters. The molecule has 2 N–H and O–H groups in total. The minimum atomic E-state index is -3.60. The van der Waals surface area contributed by atoms with Crippen LogP contribution in [0.3, 0.4) is 0 Å². The number of aromatic amines is 1. The minimum Gasteiger partial charge on any atom is -0.334 e. The Labute approximate surface area is 130 Å². The van der Waals surface area contributed by atoms with Crippen LogP contribution in [0.15, 0.2) is 41.8 Å². The van der Waals surface area contributed by atoms with Crippen molar-refractivity contribution in [3.63, 3.8) is 0 Å². The number of aromatic nitrogens is 2. The SMILES string of the molecule is O=S(=O)(Nc1cccc(CN2CCCCC2)c1)c1cnc[nH]1.